The molecule has 0 aliphatic carbocycles. The Morgan fingerprint density at radius 2 is 0.847 bits per heavy atom. The molecule has 2 heterocycles. The van der Waals surface area contributed by atoms with Gasteiger partial charge < -0.3 is 0 Å². The molecule has 0 bridgehead atoms. The average Bonchev–Trinajstić information content (AvgIpc) is 3.70. The zero-order valence-corrected chi connectivity index (χ0v) is 32.6. The first-order valence-electron chi connectivity index (χ1n) is 19.9. The summed E-state index contributed by atoms with van der Waals surface area (Å²) >= 11 is 1.80. The zero-order chi connectivity index (χ0) is 38.9. The van der Waals surface area contributed by atoms with E-state index < -0.39 is 0 Å². The van der Waals surface area contributed by atoms with Crippen molar-refractivity contribution >= 4 is 74.6 Å². The van der Waals surface area contributed by atoms with Crippen molar-refractivity contribution in [1.82, 2.24) is 15.0 Å². The molecule has 0 aliphatic rings. The second-order valence-electron chi connectivity index (χ2n) is 15.1. The number of aromatic nitrogens is 3. The molecular weight excluding hydrogens is 735 g/mol. The topological polar surface area (TPSA) is 38.7 Å². The average molecular weight is 768 g/mol. The number of rotatable bonds is 5. The van der Waals surface area contributed by atoms with Crippen LogP contribution in [0.1, 0.15) is 0 Å². The highest BCUT2D eigenvalue weighted by Crippen LogP contribution is 2.45. The van der Waals surface area contributed by atoms with Crippen molar-refractivity contribution in [2.24, 2.45) is 0 Å². The molecule has 0 spiro atoms. The lowest BCUT2D eigenvalue weighted by molar-refractivity contribution is 1.08. The van der Waals surface area contributed by atoms with E-state index in [1.165, 1.54) is 63.6 Å². The molecule has 12 rings (SSSR count). The lowest BCUT2D eigenvalue weighted by Crippen LogP contribution is -2.02. The fourth-order valence-corrected chi connectivity index (χ4v) is 10.2. The van der Waals surface area contributed by atoms with Crippen molar-refractivity contribution in [1.29, 1.82) is 0 Å². The first kappa shape index (κ1) is 33.6. The van der Waals surface area contributed by atoms with E-state index in [4.69, 9.17) is 15.0 Å². The van der Waals surface area contributed by atoms with Crippen LogP contribution >= 0.6 is 11.3 Å². The zero-order valence-electron chi connectivity index (χ0n) is 31.8. The van der Waals surface area contributed by atoms with E-state index in [-0.39, 0.29) is 0 Å². The second-order valence-corrected chi connectivity index (χ2v) is 16.1. The van der Waals surface area contributed by atoms with Crippen LogP contribution in [0.2, 0.25) is 0 Å². The molecule has 0 saturated heterocycles. The van der Waals surface area contributed by atoms with Gasteiger partial charge in [0, 0.05) is 36.9 Å². The van der Waals surface area contributed by atoms with Gasteiger partial charge in [-0.3, -0.25) is 0 Å². The third kappa shape index (κ3) is 5.45. The summed E-state index contributed by atoms with van der Waals surface area (Å²) in [7, 11) is 0. The second kappa shape index (κ2) is 13.6. The smallest absolute Gasteiger partial charge is 0.164 e. The Labute approximate surface area is 344 Å². The third-order valence-corrected chi connectivity index (χ3v) is 12.9. The molecule has 0 aliphatic heterocycles. The molecule has 4 heteroatoms. The minimum Gasteiger partial charge on any atom is -0.208 e. The van der Waals surface area contributed by atoms with Gasteiger partial charge in [0.25, 0.3) is 0 Å². The first-order chi connectivity index (χ1) is 29.3. The van der Waals surface area contributed by atoms with E-state index in [1.807, 2.05) is 0 Å². The number of hydrogen-bond acceptors (Lipinski definition) is 4. The number of thiophene rings is 1. The summed E-state index contributed by atoms with van der Waals surface area (Å²) in [6, 6.07) is 71.6. The summed E-state index contributed by atoms with van der Waals surface area (Å²) in [5.41, 5.74) is 7.52. The third-order valence-electron chi connectivity index (χ3n) is 11.7. The van der Waals surface area contributed by atoms with E-state index in [2.05, 4.69) is 200 Å². The molecule has 3 nitrogen and oxygen atoms in total. The van der Waals surface area contributed by atoms with Gasteiger partial charge in [0.15, 0.2) is 17.5 Å². The van der Waals surface area contributed by atoms with E-state index in [0.29, 0.717) is 17.5 Å². The van der Waals surface area contributed by atoms with Crippen LogP contribution in [0.15, 0.2) is 200 Å². The molecule has 59 heavy (non-hydrogen) atoms. The fraction of sp³-hybridized carbons (Fsp3) is 0. The molecule has 0 unspecified atom stereocenters. The predicted molar refractivity (Wildman–Crippen MR) is 250 cm³/mol. The maximum atomic E-state index is 5.41. The minimum absolute atomic E-state index is 0.640. The molecule has 0 fully saturated rings. The molecule has 0 atom stereocenters. The molecule has 10 aromatic carbocycles. The minimum atomic E-state index is 0.640. The van der Waals surface area contributed by atoms with Gasteiger partial charge in [-0.05, 0) is 89.6 Å². The highest BCUT2D eigenvalue weighted by atomic mass is 32.1. The molecular formula is C55H33N3S. The lowest BCUT2D eigenvalue weighted by Gasteiger charge is -2.17. The highest BCUT2D eigenvalue weighted by Gasteiger charge is 2.21. The maximum absolute atomic E-state index is 5.41. The number of benzene rings is 10. The normalized spacial score (nSPS) is 11.7. The van der Waals surface area contributed by atoms with Gasteiger partial charge in [0.2, 0.25) is 0 Å². The Morgan fingerprint density at radius 3 is 1.66 bits per heavy atom. The number of nitrogens with zero attached hydrogens (tertiary/aromatic N) is 3. The van der Waals surface area contributed by atoms with E-state index in [0.717, 1.165) is 38.6 Å². The van der Waals surface area contributed by atoms with Gasteiger partial charge in [0.1, 0.15) is 0 Å². The summed E-state index contributed by atoms with van der Waals surface area (Å²) < 4.78 is 2.45. The molecule has 2 aromatic heterocycles. The predicted octanol–water partition coefficient (Wildman–Crippen LogP) is 15.2. The Hall–Kier alpha value is -7.53. The summed E-state index contributed by atoms with van der Waals surface area (Å²) in [6.07, 6.45) is 0. The van der Waals surface area contributed by atoms with Gasteiger partial charge in [-0.25, -0.2) is 15.0 Å². The van der Waals surface area contributed by atoms with Crippen LogP contribution in [0.3, 0.4) is 0 Å². The van der Waals surface area contributed by atoms with E-state index >= 15 is 0 Å². The Morgan fingerprint density at radius 1 is 0.288 bits per heavy atom. The van der Waals surface area contributed by atoms with Crippen LogP contribution in [-0.4, -0.2) is 15.0 Å². The molecule has 0 amide bonds. The van der Waals surface area contributed by atoms with Crippen molar-refractivity contribution in [3.8, 4) is 56.4 Å². The lowest BCUT2D eigenvalue weighted by atomic mass is 9.87. The fourth-order valence-electron chi connectivity index (χ4n) is 9.07. The molecule has 0 saturated carbocycles. The van der Waals surface area contributed by atoms with Crippen molar-refractivity contribution in [3.63, 3.8) is 0 Å². The van der Waals surface area contributed by atoms with Gasteiger partial charge >= 0.3 is 0 Å². The van der Waals surface area contributed by atoms with Crippen LogP contribution < -0.4 is 0 Å². The van der Waals surface area contributed by atoms with Gasteiger partial charge in [-0.15, -0.1) is 11.3 Å². The van der Waals surface area contributed by atoms with Crippen molar-refractivity contribution in [2.45, 2.75) is 0 Å². The standard InChI is InChI=1S/C55H33N3S/c1-2-15-34(16-3-1)37-19-8-11-24-44(37)53-56-54(58-55(57-53)47-26-14-28-50-52(47)46-25-12-13-27-49(46)59-50)45-32-31-42(40-22-9-10-23-41(40)45)51-39-21-7-5-18-36(39)33-48-38-20-6-4-17-35(38)29-30-43(48)51/h1-33H. The van der Waals surface area contributed by atoms with Crippen molar-refractivity contribution in [2.75, 3.05) is 0 Å². The summed E-state index contributed by atoms with van der Waals surface area (Å²) in [5.74, 6) is 1.93. The van der Waals surface area contributed by atoms with Crippen LogP contribution in [0, 0.1) is 0 Å². The monoisotopic (exact) mass is 767 g/mol. The molecule has 12 aromatic rings. The van der Waals surface area contributed by atoms with E-state index in [1.54, 1.807) is 11.3 Å². The molecule has 274 valence electrons. The van der Waals surface area contributed by atoms with E-state index in [9.17, 15) is 0 Å². The molecule has 0 radical (unpaired) electrons. The Bertz CT molecular complexity index is 3620. The van der Waals surface area contributed by atoms with Crippen LogP contribution in [-0.2, 0) is 0 Å². The maximum Gasteiger partial charge on any atom is 0.164 e. The van der Waals surface area contributed by atoms with Crippen molar-refractivity contribution < 1.29 is 0 Å². The van der Waals surface area contributed by atoms with Crippen molar-refractivity contribution in [3.05, 3.63) is 200 Å². The van der Waals surface area contributed by atoms with Crippen LogP contribution in [0.5, 0.6) is 0 Å². The summed E-state index contributed by atoms with van der Waals surface area (Å²) in [5, 5.41) is 12.0. The Kier molecular flexibility index (Phi) is 7.72. The van der Waals surface area contributed by atoms with Gasteiger partial charge in [-0.1, -0.05) is 176 Å². The summed E-state index contributed by atoms with van der Waals surface area (Å²) in [6.45, 7) is 0. The van der Waals surface area contributed by atoms with Crippen LogP contribution in [0.4, 0.5) is 0 Å². The van der Waals surface area contributed by atoms with Crippen LogP contribution in [0.25, 0.3) is 120 Å². The number of hydrogen-bond donors (Lipinski definition) is 0. The van der Waals surface area contributed by atoms with Gasteiger partial charge in [-0.2, -0.15) is 0 Å². The number of fused-ring (bicyclic) bond motifs is 8. The Balaban J connectivity index is 1.14. The first-order valence-corrected chi connectivity index (χ1v) is 20.8. The largest absolute Gasteiger partial charge is 0.208 e. The molecule has 0 N–H and O–H groups in total. The van der Waals surface area contributed by atoms with Gasteiger partial charge in [0.05, 0.1) is 0 Å². The highest BCUT2D eigenvalue weighted by molar-refractivity contribution is 7.25. The summed E-state index contributed by atoms with van der Waals surface area (Å²) in [4.78, 5) is 16.1. The SMILES string of the molecule is c1ccc(-c2ccccc2-c2nc(-c3ccc(-c4c5ccccc5cc5c4ccc4ccccc45)c4ccccc34)nc(-c3cccc4sc5ccccc5c34)n2)cc1. The quantitative estimate of drug-likeness (QED) is 0.129.